The molecular weight excluding hydrogens is 228 g/mol. The molecule has 1 aromatic rings. The van der Waals surface area contributed by atoms with Gasteiger partial charge in [-0.3, -0.25) is 4.57 Å². The molecule has 1 aromatic heterocycles. The van der Waals surface area contributed by atoms with Crippen molar-refractivity contribution in [2.45, 2.75) is 24.9 Å². The Morgan fingerprint density at radius 3 is 3.00 bits per heavy atom. The quantitative estimate of drug-likeness (QED) is 0.363. The van der Waals surface area contributed by atoms with Gasteiger partial charge < -0.3 is 20.4 Å². The molecule has 1 aliphatic heterocycles. The van der Waals surface area contributed by atoms with Gasteiger partial charge in [-0.2, -0.15) is 4.98 Å². The van der Waals surface area contributed by atoms with E-state index in [0.717, 1.165) is 0 Å². The van der Waals surface area contributed by atoms with Crippen LogP contribution in [0.2, 0.25) is 0 Å². The third kappa shape index (κ3) is 2.29. The second kappa shape index (κ2) is 4.80. The molecule has 0 spiro atoms. The smallest absolute Gasteiger partial charge is 0.351 e. The topological polar surface area (TPSA) is 123 Å². The van der Waals surface area contributed by atoms with Crippen molar-refractivity contribution in [3.63, 3.8) is 0 Å². The van der Waals surface area contributed by atoms with Crippen LogP contribution in [0.15, 0.2) is 17.1 Å². The molecule has 2 rings (SSSR count). The third-order valence-corrected chi connectivity index (χ3v) is 2.67. The summed E-state index contributed by atoms with van der Waals surface area (Å²) in [6.45, 7) is -0.289. The average molecular weight is 242 g/mol. The fourth-order valence-electron chi connectivity index (χ4n) is 1.76. The number of nitrogen functional groups attached to an aromatic ring is 1. The summed E-state index contributed by atoms with van der Waals surface area (Å²) in [7, 11) is 0. The van der Waals surface area contributed by atoms with Crippen molar-refractivity contribution in [3.05, 3.63) is 22.7 Å². The van der Waals surface area contributed by atoms with Gasteiger partial charge in [-0.25, -0.2) is 10.6 Å². The maximum atomic E-state index is 11.6. The maximum absolute atomic E-state index is 11.6. The molecule has 0 saturated carbocycles. The van der Waals surface area contributed by atoms with E-state index < -0.39 is 24.1 Å². The molecule has 0 unspecified atom stereocenters. The Balaban J connectivity index is 2.22. The lowest BCUT2D eigenvalue weighted by atomic mass is 10.2. The Morgan fingerprint density at radius 1 is 1.71 bits per heavy atom. The molecule has 0 radical (unpaired) electrons. The number of anilines is 1. The first-order chi connectivity index (χ1) is 8.15. The predicted molar refractivity (Wildman–Crippen MR) is 57.9 cm³/mol. The molecule has 8 heteroatoms. The molecule has 0 bridgehead atoms. The molecule has 0 aliphatic carbocycles. The zero-order valence-corrected chi connectivity index (χ0v) is 8.98. The first-order valence-electron chi connectivity index (χ1n) is 5.16. The van der Waals surface area contributed by atoms with Gasteiger partial charge in [0, 0.05) is 12.6 Å². The molecular formula is C9H14N4O4. The summed E-state index contributed by atoms with van der Waals surface area (Å²) in [5.74, 6) is 5.38. The van der Waals surface area contributed by atoms with E-state index >= 15 is 0 Å². The van der Waals surface area contributed by atoms with Crippen LogP contribution in [-0.4, -0.2) is 38.6 Å². The fraction of sp³-hybridized carbons (Fsp3) is 0.556. The molecule has 2 heterocycles. The number of nitrogens with zero attached hydrogens (tertiary/aromatic N) is 2. The lowest BCUT2D eigenvalue weighted by Gasteiger charge is -2.14. The molecule has 17 heavy (non-hydrogen) atoms. The molecule has 1 saturated heterocycles. The van der Waals surface area contributed by atoms with Crippen LogP contribution in [0.3, 0.4) is 0 Å². The van der Waals surface area contributed by atoms with E-state index in [2.05, 4.69) is 10.4 Å². The second-order valence-electron chi connectivity index (χ2n) is 3.76. The van der Waals surface area contributed by atoms with Crippen molar-refractivity contribution >= 4 is 5.82 Å². The van der Waals surface area contributed by atoms with Crippen molar-refractivity contribution < 1.29 is 14.9 Å². The Labute approximate surface area is 96.6 Å². The number of aliphatic hydroxyl groups is 2. The van der Waals surface area contributed by atoms with Crippen molar-refractivity contribution in [1.29, 1.82) is 0 Å². The Hall–Kier alpha value is -1.48. The summed E-state index contributed by atoms with van der Waals surface area (Å²) >= 11 is 0. The molecule has 8 nitrogen and oxygen atoms in total. The van der Waals surface area contributed by atoms with Crippen LogP contribution in [0.25, 0.3) is 0 Å². The molecule has 0 aromatic carbocycles. The minimum atomic E-state index is -0.788. The van der Waals surface area contributed by atoms with E-state index in [1.165, 1.54) is 16.8 Å². The predicted octanol–water partition coefficient (Wildman–Crippen LogP) is -1.83. The summed E-state index contributed by atoms with van der Waals surface area (Å²) in [6, 6.07) is 1.52. The highest BCUT2D eigenvalue weighted by atomic mass is 16.5. The van der Waals surface area contributed by atoms with Crippen LogP contribution in [0.1, 0.15) is 12.6 Å². The van der Waals surface area contributed by atoms with Gasteiger partial charge in [-0.05, 0) is 6.07 Å². The highest BCUT2D eigenvalue weighted by Gasteiger charge is 2.34. The Bertz CT molecular complexity index is 449. The van der Waals surface area contributed by atoms with Crippen LogP contribution >= 0.6 is 0 Å². The van der Waals surface area contributed by atoms with Crippen molar-refractivity contribution in [2.75, 3.05) is 12.0 Å². The number of hydrazine groups is 1. The number of rotatable bonds is 3. The van der Waals surface area contributed by atoms with Gasteiger partial charge in [0.15, 0.2) is 0 Å². The van der Waals surface area contributed by atoms with Crippen LogP contribution in [0, 0.1) is 0 Å². The number of aliphatic hydroxyl groups excluding tert-OH is 2. The minimum Gasteiger partial charge on any atom is -0.394 e. The van der Waals surface area contributed by atoms with Crippen LogP contribution in [-0.2, 0) is 4.74 Å². The van der Waals surface area contributed by atoms with E-state index in [4.69, 9.17) is 15.7 Å². The molecule has 94 valence electrons. The van der Waals surface area contributed by atoms with Crippen molar-refractivity contribution in [3.8, 4) is 0 Å². The largest absolute Gasteiger partial charge is 0.394 e. The Morgan fingerprint density at radius 2 is 2.47 bits per heavy atom. The molecule has 1 aliphatic rings. The number of hydrogen-bond donors (Lipinski definition) is 4. The maximum Gasteiger partial charge on any atom is 0.351 e. The van der Waals surface area contributed by atoms with Gasteiger partial charge >= 0.3 is 5.69 Å². The van der Waals surface area contributed by atoms with Gasteiger partial charge in [-0.15, -0.1) is 0 Å². The van der Waals surface area contributed by atoms with Gasteiger partial charge in [0.05, 0.1) is 12.7 Å². The average Bonchev–Trinajstić information content (AvgIpc) is 2.70. The second-order valence-corrected chi connectivity index (χ2v) is 3.76. The summed E-state index contributed by atoms with van der Waals surface area (Å²) in [4.78, 5) is 15.3. The van der Waals surface area contributed by atoms with Gasteiger partial charge in [0.1, 0.15) is 18.1 Å². The normalized spacial score (nSPS) is 28.3. The van der Waals surface area contributed by atoms with E-state index in [1.807, 2.05) is 0 Å². The lowest BCUT2D eigenvalue weighted by molar-refractivity contribution is -0.0458. The molecule has 5 N–H and O–H groups in total. The van der Waals surface area contributed by atoms with Gasteiger partial charge in [-0.1, -0.05) is 0 Å². The van der Waals surface area contributed by atoms with Crippen molar-refractivity contribution in [1.82, 2.24) is 9.55 Å². The standard InChI is InChI=1S/C9H14N4O4/c10-12-7-1-2-13(9(16)11-7)8-3-5(15)6(4-14)17-8/h1-2,5-6,8,14-15H,3-4,10H2,(H,11,12,16)/t5-,6+,8+/m0/s1. The highest BCUT2D eigenvalue weighted by molar-refractivity contribution is 5.29. The van der Waals surface area contributed by atoms with Crippen LogP contribution < -0.4 is 17.0 Å². The highest BCUT2D eigenvalue weighted by Crippen LogP contribution is 2.27. The zero-order valence-electron chi connectivity index (χ0n) is 8.98. The fourth-order valence-corrected chi connectivity index (χ4v) is 1.76. The van der Waals surface area contributed by atoms with Gasteiger partial charge in [0.2, 0.25) is 0 Å². The number of nitrogens with two attached hydrogens (primary N) is 1. The van der Waals surface area contributed by atoms with E-state index in [0.29, 0.717) is 0 Å². The first-order valence-corrected chi connectivity index (χ1v) is 5.16. The molecule has 0 amide bonds. The first kappa shape index (κ1) is 12.0. The summed E-state index contributed by atoms with van der Waals surface area (Å²) in [6.07, 6.45) is -0.360. The molecule has 1 fully saturated rings. The SMILES string of the molecule is NNc1ccn([C@H]2C[C@H](O)[C@@H](CO)O2)c(=O)n1. The van der Waals surface area contributed by atoms with Gasteiger partial charge in [0.25, 0.3) is 0 Å². The summed E-state index contributed by atoms with van der Waals surface area (Å²) in [5.41, 5.74) is 1.73. The zero-order chi connectivity index (χ0) is 12.4. The van der Waals surface area contributed by atoms with Crippen molar-refractivity contribution in [2.24, 2.45) is 5.84 Å². The summed E-state index contributed by atoms with van der Waals surface area (Å²) in [5, 5.41) is 18.5. The Kier molecular flexibility index (Phi) is 3.38. The number of aromatic nitrogens is 2. The van der Waals surface area contributed by atoms with E-state index in [1.54, 1.807) is 0 Å². The van der Waals surface area contributed by atoms with Crippen LogP contribution in [0.5, 0.6) is 0 Å². The molecule has 3 atom stereocenters. The summed E-state index contributed by atoms with van der Waals surface area (Å²) < 4.78 is 6.58. The number of ether oxygens (including phenoxy) is 1. The van der Waals surface area contributed by atoms with Crippen LogP contribution in [0.4, 0.5) is 5.82 Å². The lowest BCUT2D eigenvalue weighted by Crippen LogP contribution is -2.28. The van der Waals surface area contributed by atoms with E-state index in [9.17, 15) is 9.90 Å². The third-order valence-electron chi connectivity index (χ3n) is 2.67. The monoisotopic (exact) mass is 242 g/mol. The number of nitrogens with one attached hydrogen (secondary N) is 1. The number of hydrogen-bond acceptors (Lipinski definition) is 7. The van der Waals surface area contributed by atoms with E-state index in [-0.39, 0.29) is 18.8 Å². The minimum absolute atomic E-state index is 0.238.